The van der Waals surface area contributed by atoms with Crippen molar-refractivity contribution in [2.75, 3.05) is 5.32 Å². The van der Waals surface area contributed by atoms with Gasteiger partial charge in [-0.05, 0) is 30.0 Å². The maximum absolute atomic E-state index is 8.98. The third-order valence-corrected chi connectivity index (χ3v) is 3.05. The molecule has 0 saturated heterocycles. The first-order valence-corrected chi connectivity index (χ1v) is 6.45. The summed E-state index contributed by atoms with van der Waals surface area (Å²) in [5, 5.41) is 12.0. The van der Waals surface area contributed by atoms with Crippen LogP contribution in [0.5, 0.6) is 0 Å². The maximum atomic E-state index is 8.98. The Morgan fingerprint density at radius 2 is 1.79 bits per heavy atom. The fourth-order valence-corrected chi connectivity index (χ4v) is 1.89. The Kier molecular flexibility index (Phi) is 4.68. The zero-order chi connectivity index (χ0) is 14.6. The van der Waals surface area contributed by atoms with E-state index in [1.165, 1.54) is 5.56 Å². The van der Waals surface area contributed by atoms with Crippen molar-refractivity contribution in [1.82, 2.24) is 0 Å². The zero-order valence-electron chi connectivity index (χ0n) is 11.7. The lowest BCUT2D eigenvalue weighted by molar-refractivity contribution is 0.590. The fourth-order valence-electron chi connectivity index (χ4n) is 1.57. The third kappa shape index (κ3) is 4.08. The smallest absolute Gasteiger partial charge is 0.123 e. The molecule has 19 heavy (non-hydrogen) atoms. The molecule has 0 aliphatic rings. The van der Waals surface area contributed by atoms with Crippen LogP contribution in [0.15, 0.2) is 35.5 Å². The van der Waals surface area contributed by atoms with E-state index in [1.54, 1.807) is 6.92 Å². The molecule has 0 fully saturated rings. The Labute approximate surface area is 120 Å². The van der Waals surface area contributed by atoms with Crippen LogP contribution in [0.3, 0.4) is 0 Å². The van der Waals surface area contributed by atoms with Gasteiger partial charge in [-0.2, -0.15) is 5.26 Å². The molecule has 0 atom stereocenters. The number of nitriles is 1. The van der Waals surface area contributed by atoms with Gasteiger partial charge >= 0.3 is 0 Å². The number of hydrogen-bond acceptors (Lipinski definition) is 3. The Balaban J connectivity index is 2.89. The minimum absolute atomic E-state index is 0.116. The van der Waals surface area contributed by atoms with Crippen molar-refractivity contribution in [3.05, 3.63) is 41.1 Å². The van der Waals surface area contributed by atoms with Gasteiger partial charge in [-0.3, -0.25) is 0 Å². The fraction of sp³-hybridized carbons (Fsp3) is 0.333. The number of nitrogens with zero attached hydrogens (tertiary/aromatic N) is 1. The highest BCUT2D eigenvalue weighted by molar-refractivity contribution is 7.81. The largest absolute Gasteiger partial charge is 0.401 e. The summed E-state index contributed by atoms with van der Waals surface area (Å²) < 4.78 is 0. The molecule has 0 unspecified atom stereocenters. The molecule has 1 aromatic rings. The second-order valence-electron chi connectivity index (χ2n) is 5.45. The molecule has 0 amide bonds. The minimum atomic E-state index is 0.116. The Bertz CT molecular complexity index is 538. The highest BCUT2D eigenvalue weighted by Crippen LogP contribution is 2.23. The molecular weight excluding hydrogens is 254 g/mol. The number of rotatable bonds is 2. The van der Waals surface area contributed by atoms with E-state index in [2.05, 4.69) is 38.2 Å². The van der Waals surface area contributed by atoms with E-state index in [9.17, 15) is 0 Å². The molecule has 0 heterocycles. The molecule has 0 aliphatic heterocycles. The highest BCUT2D eigenvalue weighted by atomic mass is 32.1. The molecule has 4 heteroatoms. The van der Waals surface area contributed by atoms with Crippen LogP contribution in [0.25, 0.3) is 0 Å². The zero-order valence-corrected chi connectivity index (χ0v) is 12.6. The van der Waals surface area contributed by atoms with E-state index in [0.29, 0.717) is 16.3 Å². The predicted molar refractivity (Wildman–Crippen MR) is 83.9 cm³/mol. The van der Waals surface area contributed by atoms with E-state index >= 15 is 0 Å². The lowest BCUT2D eigenvalue weighted by Gasteiger charge is -2.19. The average molecular weight is 273 g/mol. The van der Waals surface area contributed by atoms with Gasteiger partial charge in [0.15, 0.2) is 0 Å². The van der Waals surface area contributed by atoms with Crippen LogP contribution in [-0.4, -0.2) is 4.99 Å². The van der Waals surface area contributed by atoms with Gasteiger partial charge < -0.3 is 11.1 Å². The average Bonchev–Trinajstić information content (AvgIpc) is 2.28. The van der Waals surface area contributed by atoms with Crippen molar-refractivity contribution >= 4 is 22.9 Å². The first-order valence-electron chi connectivity index (χ1n) is 6.04. The second-order valence-corrected chi connectivity index (χ2v) is 5.86. The molecule has 100 valence electrons. The van der Waals surface area contributed by atoms with Crippen LogP contribution in [0.4, 0.5) is 5.69 Å². The van der Waals surface area contributed by atoms with E-state index in [0.717, 1.165) is 5.69 Å². The molecule has 1 rings (SSSR count). The van der Waals surface area contributed by atoms with Crippen molar-refractivity contribution < 1.29 is 0 Å². The summed E-state index contributed by atoms with van der Waals surface area (Å²) in [6, 6.07) is 10.0. The van der Waals surface area contributed by atoms with Crippen LogP contribution >= 0.6 is 12.2 Å². The number of anilines is 1. The lowest BCUT2D eigenvalue weighted by atomic mass is 9.87. The molecule has 0 bridgehead atoms. The van der Waals surface area contributed by atoms with E-state index in [1.807, 2.05) is 18.2 Å². The van der Waals surface area contributed by atoms with Gasteiger partial charge in [-0.25, -0.2) is 0 Å². The van der Waals surface area contributed by atoms with E-state index in [4.69, 9.17) is 23.2 Å². The molecule has 1 aromatic carbocycles. The van der Waals surface area contributed by atoms with Crippen LogP contribution in [0.2, 0.25) is 0 Å². The number of nitrogens with one attached hydrogen (secondary N) is 1. The first-order chi connectivity index (χ1) is 8.75. The predicted octanol–water partition coefficient (Wildman–Crippen LogP) is 3.48. The van der Waals surface area contributed by atoms with Gasteiger partial charge in [-0.15, -0.1) is 0 Å². The number of thiocarbonyl (C=S) groups is 1. The van der Waals surface area contributed by atoms with E-state index in [-0.39, 0.29) is 5.41 Å². The Morgan fingerprint density at radius 1 is 1.26 bits per heavy atom. The molecule has 3 nitrogen and oxygen atoms in total. The van der Waals surface area contributed by atoms with Crippen molar-refractivity contribution in [2.45, 2.75) is 33.1 Å². The Morgan fingerprint density at radius 3 is 2.16 bits per heavy atom. The molecule has 0 saturated carbocycles. The topological polar surface area (TPSA) is 61.8 Å². The quantitative estimate of drug-likeness (QED) is 0.492. The first kappa shape index (κ1) is 15.2. The van der Waals surface area contributed by atoms with Crippen LogP contribution in [0, 0.1) is 11.3 Å². The van der Waals surface area contributed by atoms with Gasteiger partial charge in [0.25, 0.3) is 0 Å². The normalized spacial score (nSPS) is 12.4. The van der Waals surface area contributed by atoms with Crippen molar-refractivity contribution in [3.8, 4) is 6.07 Å². The van der Waals surface area contributed by atoms with Gasteiger partial charge in [0.05, 0.1) is 0 Å². The summed E-state index contributed by atoms with van der Waals surface area (Å²) in [6.07, 6.45) is 0. The van der Waals surface area contributed by atoms with Crippen molar-refractivity contribution in [3.63, 3.8) is 0 Å². The number of allylic oxidation sites excluding steroid dienone is 1. The summed E-state index contributed by atoms with van der Waals surface area (Å²) >= 11 is 5.17. The van der Waals surface area contributed by atoms with Crippen molar-refractivity contribution in [1.29, 1.82) is 5.26 Å². The summed E-state index contributed by atoms with van der Waals surface area (Å²) in [6.45, 7) is 8.15. The molecule has 0 radical (unpaired) electrons. The highest BCUT2D eigenvalue weighted by Gasteiger charge is 2.13. The maximum Gasteiger partial charge on any atom is 0.123 e. The number of benzene rings is 1. The standard InChI is InChI=1S/C15H19N3S/c1-10(17)13(9-16)14(19)18-12-7-5-11(6-8-12)15(2,3)4/h5-8H,17H2,1-4H3,(H,18,19)/b13-10+. The summed E-state index contributed by atoms with van der Waals surface area (Å²) in [4.78, 5) is 0.353. The summed E-state index contributed by atoms with van der Waals surface area (Å²) in [5.74, 6) is 0. The lowest BCUT2D eigenvalue weighted by Crippen LogP contribution is -2.15. The second kappa shape index (κ2) is 5.85. The van der Waals surface area contributed by atoms with Crippen LogP contribution in [-0.2, 0) is 5.41 Å². The van der Waals surface area contributed by atoms with Crippen LogP contribution < -0.4 is 11.1 Å². The van der Waals surface area contributed by atoms with Crippen molar-refractivity contribution in [2.24, 2.45) is 5.73 Å². The van der Waals surface area contributed by atoms with Crippen LogP contribution in [0.1, 0.15) is 33.3 Å². The molecule has 3 N–H and O–H groups in total. The molecule has 0 aliphatic carbocycles. The minimum Gasteiger partial charge on any atom is -0.401 e. The summed E-state index contributed by atoms with van der Waals surface area (Å²) in [5.41, 5.74) is 8.56. The monoisotopic (exact) mass is 273 g/mol. The van der Waals surface area contributed by atoms with Gasteiger partial charge in [0, 0.05) is 11.4 Å². The molecule has 0 spiro atoms. The third-order valence-electron chi connectivity index (χ3n) is 2.74. The Hall–Kier alpha value is -1.86. The SMILES string of the molecule is C/C(N)=C(/C#N)C(=S)Nc1ccc(C(C)(C)C)cc1. The van der Waals surface area contributed by atoms with E-state index < -0.39 is 0 Å². The molecule has 0 aromatic heterocycles. The van der Waals surface area contributed by atoms with Gasteiger partial charge in [0.2, 0.25) is 0 Å². The summed E-state index contributed by atoms with van der Waals surface area (Å²) in [7, 11) is 0. The number of nitrogens with two attached hydrogens (primary N) is 1. The van der Waals surface area contributed by atoms with Gasteiger partial charge in [0.1, 0.15) is 16.6 Å². The molecular formula is C15H19N3S. The number of hydrogen-bond donors (Lipinski definition) is 2. The van der Waals surface area contributed by atoms with Gasteiger partial charge in [-0.1, -0.05) is 45.1 Å².